The third kappa shape index (κ3) is 4.81. The molecule has 0 aromatic heterocycles. The minimum absolute atomic E-state index is 0.121. The van der Waals surface area contributed by atoms with Gasteiger partial charge in [0.05, 0.1) is 17.7 Å². The van der Waals surface area contributed by atoms with Gasteiger partial charge in [0.15, 0.2) is 0 Å². The lowest BCUT2D eigenvalue weighted by atomic mass is 10.1. The van der Waals surface area contributed by atoms with Crippen LogP contribution in [0.3, 0.4) is 0 Å². The van der Waals surface area contributed by atoms with E-state index in [4.69, 9.17) is 21.4 Å². The van der Waals surface area contributed by atoms with E-state index in [0.717, 1.165) is 3.57 Å². The first-order chi connectivity index (χ1) is 8.99. The minimum atomic E-state index is -0.222. The van der Waals surface area contributed by atoms with Crippen LogP contribution in [-0.2, 0) is 0 Å². The van der Waals surface area contributed by atoms with E-state index in [0.29, 0.717) is 29.3 Å². The van der Waals surface area contributed by atoms with Gasteiger partial charge in [0, 0.05) is 16.7 Å². The molecule has 0 aliphatic heterocycles. The number of nitrogens with one attached hydrogen (secondary N) is 1. The molecular weight excluding hydrogens is 381 g/mol. The fourth-order valence-corrected chi connectivity index (χ4v) is 2.16. The monoisotopic (exact) mass is 397 g/mol. The van der Waals surface area contributed by atoms with Gasteiger partial charge in [-0.05, 0) is 47.1 Å². The van der Waals surface area contributed by atoms with Gasteiger partial charge in [-0.2, -0.15) is 0 Å². The second-order valence-electron chi connectivity index (χ2n) is 4.29. The molecular formula is C13H17ClINO3. The highest BCUT2D eigenvalue weighted by Crippen LogP contribution is 2.28. The number of aliphatic hydroxyl groups excluding tert-OH is 1. The Morgan fingerprint density at radius 3 is 2.84 bits per heavy atom. The molecule has 1 aromatic carbocycles. The fraction of sp³-hybridized carbons (Fsp3) is 0.462. The molecule has 0 bridgehead atoms. The summed E-state index contributed by atoms with van der Waals surface area (Å²) in [5.41, 5.74) is 0.420. The highest BCUT2D eigenvalue weighted by molar-refractivity contribution is 14.1. The summed E-state index contributed by atoms with van der Waals surface area (Å²) in [7, 11) is 1.52. The maximum atomic E-state index is 12.1. The number of halogens is 2. The Kier molecular flexibility index (Phi) is 6.88. The average molecular weight is 398 g/mol. The Morgan fingerprint density at radius 1 is 1.58 bits per heavy atom. The number of aliphatic hydroxyl groups is 1. The Hall–Kier alpha value is -0.530. The smallest absolute Gasteiger partial charge is 0.255 e. The Bertz CT molecular complexity index is 454. The maximum absolute atomic E-state index is 12.1. The van der Waals surface area contributed by atoms with Crippen LogP contribution in [0.15, 0.2) is 12.1 Å². The van der Waals surface area contributed by atoms with E-state index in [9.17, 15) is 4.79 Å². The van der Waals surface area contributed by atoms with Crippen molar-refractivity contribution in [3.63, 3.8) is 0 Å². The van der Waals surface area contributed by atoms with Crippen LogP contribution in [0, 0.1) is 9.49 Å². The lowest BCUT2D eigenvalue weighted by Crippen LogP contribution is -2.29. The summed E-state index contributed by atoms with van der Waals surface area (Å²) in [6.07, 6.45) is 0.658. The van der Waals surface area contributed by atoms with E-state index in [2.05, 4.69) is 27.9 Å². The van der Waals surface area contributed by atoms with Crippen LogP contribution in [0.4, 0.5) is 0 Å². The molecule has 106 valence electrons. The van der Waals surface area contributed by atoms with Crippen molar-refractivity contribution in [1.29, 1.82) is 0 Å². The lowest BCUT2D eigenvalue weighted by Gasteiger charge is -2.13. The lowest BCUT2D eigenvalue weighted by molar-refractivity contribution is 0.0942. The van der Waals surface area contributed by atoms with E-state index in [1.807, 2.05) is 6.92 Å². The van der Waals surface area contributed by atoms with Crippen LogP contribution in [0.1, 0.15) is 23.7 Å². The second-order valence-corrected chi connectivity index (χ2v) is 5.86. The number of amides is 1. The molecule has 0 radical (unpaired) electrons. The predicted molar refractivity (Wildman–Crippen MR) is 83.9 cm³/mol. The van der Waals surface area contributed by atoms with Gasteiger partial charge >= 0.3 is 0 Å². The van der Waals surface area contributed by atoms with E-state index >= 15 is 0 Å². The summed E-state index contributed by atoms with van der Waals surface area (Å²) in [5, 5.41) is 12.2. The molecule has 1 rings (SSSR count). The van der Waals surface area contributed by atoms with Crippen molar-refractivity contribution in [2.75, 3.05) is 20.3 Å². The molecule has 0 fully saturated rings. The highest BCUT2D eigenvalue weighted by atomic mass is 127. The third-order valence-corrected chi connectivity index (χ3v) is 4.24. The second kappa shape index (κ2) is 7.91. The van der Waals surface area contributed by atoms with Crippen LogP contribution in [0.5, 0.6) is 5.75 Å². The van der Waals surface area contributed by atoms with Crippen LogP contribution in [-0.4, -0.2) is 31.3 Å². The number of hydrogen-bond acceptors (Lipinski definition) is 3. The van der Waals surface area contributed by atoms with Crippen molar-refractivity contribution in [3.8, 4) is 5.75 Å². The normalized spacial score (nSPS) is 12.1. The minimum Gasteiger partial charge on any atom is -0.496 e. The predicted octanol–water partition coefficient (Wildman–Crippen LogP) is 2.70. The van der Waals surface area contributed by atoms with Crippen LogP contribution < -0.4 is 10.1 Å². The summed E-state index contributed by atoms with van der Waals surface area (Å²) >= 11 is 8.11. The molecule has 1 amide bonds. The van der Waals surface area contributed by atoms with Gasteiger partial charge in [0.25, 0.3) is 5.91 Å². The van der Waals surface area contributed by atoms with Crippen LogP contribution >= 0.6 is 34.2 Å². The first kappa shape index (κ1) is 16.5. The molecule has 0 saturated carbocycles. The SMILES string of the molecule is COc1cc(I)c(Cl)cc1C(=O)NCC(C)CCO. The summed E-state index contributed by atoms with van der Waals surface area (Å²) < 4.78 is 6.03. The number of carbonyl (C=O) groups excluding carboxylic acids is 1. The van der Waals surface area contributed by atoms with E-state index < -0.39 is 0 Å². The Balaban J connectivity index is 2.79. The molecule has 0 saturated heterocycles. The first-order valence-corrected chi connectivity index (χ1v) is 7.37. The molecule has 1 unspecified atom stereocenters. The Morgan fingerprint density at radius 2 is 2.26 bits per heavy atom. The molecule has 0 spiro atoms. The largest absolute Gasteiger partial charge is 0.496 e. The van der Waals surface area contributed by atoms with Gasteiger partial charge in [-0.1, -0.05) is 18.5 Å². The number of methoxy groups -OCH3 is 1. The molecule has 0 aliphatic rings. The topological polar surface area (TPSA) is 58.6 Å². The molecule has 0 aliphatic carbocycles. The fourth-order valence-electron chi connectivity index (χ4n) is 1.56. The molecule has 1 aromatic rings. The summed E-state index contributed by atoms with van der Waals surface area (Å²) in [5.74, 6) is 0.500. The number of rotatable bonds is 6. The maximum Gasteiger partial charge on any atom is 0.255 e. The zero-order chi connectivity index (χ0) is 14.4. The molecule has 2 N–H and O–H groups in total. The van der Waals surface area contributed by atoms with Crippen molar-refractivity contribution in [2.45, 2.75) is 13.3 Å². The number of benzene rings is 1. The Labute approximate surface area is 131 Å². The van der Waals surface area contributed by atoms with Crippen molar-refractivity contribution in [3.05, 3.63) is 26.3 Å². The van der Waals surface area contributed by atoms with E-state index in [1.165, 1.54) is 7.11 Å². The van der Waals surface area contributed by atoms with Crippen molar-refractivity contribution < 1.29 is 14.6 Å². The summed E-state index contributed by atoms with van der Waals surface area (Å²) in [4.78, 5) is 12.1. The standard InChI is InChI=1S/C13H17ClINO3/c1-8(3-4-17)7-16-13(18)9-5-10(14)11(15)6-12(9)19-2/h5-6,8,17H,3-4,7H2,1-2H3,(H,16,18). The number of hydrogen-bond donors (Lipinski definition) is 2. The number of ether oxygens (including phenoxy) is 1. The van der Waals surface area contributed by atoms with Gasteiger partial charge in [0.1, 0.15) is 5.75 Å². The van der Waals surface area contributed by atoms with Crippen molar-refractivity contribution in [1.82, 2.24) is 5.32 Å². The van der Waals surface area contributed by atoms with Gasteiger partial charge in [-0.25, -0.2) is 0 Å². The van der Waals surface area contributed by atoms with Gasteiger partial charge < -0.3 is 15.2 Å². The van der Waals surface area contributed by atoms with E-state index in [1.54, 1.807) is 12.1 Å². The van der Waals surface area contributed by atoms with Gasteiger partial charge in [0.2, 0.25) is 0 Å². The zero-order valence-corrected chi connectivity index (χ0v) is 13.8. The first-order valence-electron chi connectivity index (χ1n) is 5.91. The molecule has 0 heterocycles. The molecule has 1 atom stereocenters. The third-order valence-electron chi connectivity index (χ3n) is 2.72. The molecule has 6 heteroatoms. The van der Waals surface area contributed by atoms with Crippen molar-refractivity contribution >= 4 is 40.1 Å². The summed E-state index contributed by atoms with van der Waals surface area (Å²) in [6.45, 7) is 2.59. The molecule has 19 heavy (non-hydrogen) atoms. The van der Waals surface area contributed by atoms with Gasteiger partial charge in [-0.15, -0.1) is 0 Å². The van der Waals surface area contributed by atoms with Gasteiger partial charge in [-0.3, -0.25) is 4.79 Å². The average Bonchev–Trinajstić information content (AvgIpc) is 2.39. The van der Waals surface area contributed by atoms with E-state index in [-0.39, 0.29) is 18.4 Å². The molecule has 4 nitrogen and oxygen atoms in total. The van der Waals surface area contributed by atoms with Crippen molar-refractivity contribution in [2.24, 2.45) is 5.92 Å². The quantitative estimate of drug-likeness (QED) is 0.726. The zero-order valence-electron chi connectivity index (χ0n) is 10.9. The summed E-state index contributed by atoms with van der Waals surface area (Å²) in [6, 6.07) is 3.34. The van der Waals surface area contributed by atoms with Crippen LogP contribution in [0.2, 0.25) is 5.02 Å². The highest BCUT2D eigenvalue weighted by Gasteiger charge is 2.15. The number of carbonyl (C=O) groups is 1. The van der Waals surface area contributed by atoms with Crippen LogP contribution in [0.25, 0.3) is 0 Å².